The second-order valence-corrected chi connectivity index (χ2v) is 6.07. The average molecular weight is 344 g/mol. The van der Waals surface area contributed by atoms with E-state index in [1.807, 2.05) is 13.8 Å². The Balaban J connectivity index is 2.58. The number of rotatable bonds is 7. The van der Waals surface area contributed by atoms with Gasteiger partial charge in [0.25, 0.3) is 0 Å². The van der Waals surface area contributed by atoms with Crippen LogP contribution in [-0.2, 0) is 15.8 Å². The fourth-order valence-corrected chi connectivity index (χ4v) is 2.07. The van der Waals surface area contributed by atoms with Crippen LogP contribution in [0.25, 0.3) is 0 Å². The molecular formula is C17H23F3N2O2. The van der Waals surface area contributed by atoms with Crippen LogP contribution in [0.3, 0.4) is 0 Å². The molecule has 24 heavy (non-hydrogen) atoms. The predicted molar refractivity (Wildman–Crippen MR) is 86.4 cm³/mol. The van der Waals surface area contributed by atoms with Gasteiger partial charge in [-0.3, -0.25) is 9.59 Å². The Morgan fingerprint density at radius 3 is 2.42 bits per heavy atom. The molecule has 0 unspecified atom stereocenters. The number of nitrogens with one attached hydrogen (secondary N) is 1. The molecule has 1 N–H and O–H groups in total. The van der Waals surface area contributed by atoms with E-state index in [0.717, 1.165) is 18.6 Å². The van der Waals surface area contributed by atoms with Crippen molar-refractivity contribution in [2.24, 2.45) is 5.92 Å². The molecule has 0 aromatic heterocycles. The van der Waals surface area contributed by atoms with E-state index in [-0.39, 0.29) is 24.6 Å². The highest BCUT2D eigenvalue weighted by Crippen LogP contribution is 2.30. The van der Waals surface area contributed by atoms with E-state index in [1.54, 1.807) is 4.90 Å². The van der Waals surface area contributed by atoms with E-state index < -0.39 is 17.6 Å². The van der Waals surface area contributed by atoms with Crippen LogP contribution in [0.2, 0.25) is 0 Å². The van der Waals surface area contributed by atoms with Crippen molar-refractivity contribution < 1.29 is 22.8 Å². The lowest BCUT2D eigenvalue weighted by molar-refractivity contribution is -0.137. The van der Waals surface area contributed by atoms with Crippen molar-refractivity contribution in [3.63, 3.8) is 0 Å². The molecule has 0 aliphatic rings. The van der Waals surface area contributed by atoms with Gasteiger partial charge >= 0.3 is 6.18 Å². The molecule has 1 rings (SSSR count). The molecule has 0 aliphatic heterocycles. The predicted octanol–water partition coefficient (Wildman–Crippen LogP) is 3.93. The minimum atomic E-state index is -4.46. The van der Waals surface area contributed by atoms with E-state index in [9.17, 15) is 22.8 Å². The van der Waals surface area contributed by atoms with Gasteiger partial charge in [0, 0.05) is 32.1 Å². The van der Waals surface area contributed by atoms with E-state index in [4.69, 9.17) is 0 Å². The summed E-state index contributed by atoms with van der Waals surface area (Å²) in [6, 6.07) is 4.47. The maximum Gasteiger partial charge on any atom is 0.416 e. The van der Waals surface area contributed by atoms with Gasteiger partial charge in [-0.05, 0) is 30.5 Å². The number of benzene rings is 1. The summed E-state index contributed by atoms with van der Waals surface area (Å²) in [5.74, 6) is -0.113. The number of hydrogen-bond acceptors (Lipinski definition) is 2. The molecule has 0 radical (unpaired) electrons. The monoisotopic (exact) mass is 344 g/mol. The van der Waals surface area contributed by atoms with E-state index >= 15 is 0 Å². The van der Waals surface area contributed by atoms with Crippen molar-refractivity contribution in [2.75, 3.05) is 18.4 Å². The number of alkyl halides is 3. The Hall–Kier alpha value is -2.05. The summed E-state index contributed by atoms with van der Waals surface area (Å²) in [5, 5.41) is 2.44. The molecule has 1 aromatic carbocycles. The number of carbonyl (C=O) groups is 2. The highest BCUT2D eigenvalue weighted by molar-refractivity contribution is 5.91. The summed E-state index contributed by atoms with van der Waals surface area (Å²) in [6.45, 7) is 6.32. The van der Waals surface area contributed by atoms with Crippen molar-refractivity contribution in [2.45, 2.75) is 39.8 Å². The third-order valence-electron chi connectivity index (χ3n) is 3.50. The molecule has 0 atom stereocenters. The van der Waals surface area contributed by atoms with Crippen LogP contribution in [0.15, 0.2) is 24.3 Å². The van der Waals surface area contributed by atoms with Crippen LogP contribution in [-0.4, -0.2) is 29.8 Å². The van der Waals surface area contributed by atoms with Crippen molar-refractivity contribution in [3.8, 4) is 0 Å². The normalized spacial score (nSPS) is 11.5. The second-order valence-electron chi connectivity index (χ2n) is 6.07. The standard InChI is InChI=1S/C17H23F3N2O2/c1-12(2)7-9-22(13(3)23)10-8-16(24)21-15-6-4-5-14(11-15)17(18,19)20/h4-6,11-12H,7-10H2,1-3H3,(H,21,24). The Kier molecular flexibility index (Phi) is 7.25. The van der Waals surface area contributed by atoms with Gasteiger partial charge in [-0.1, -0.05) is 19.9 Å². The summed E-state index contributed by atoms with van der Waals surface area (Å²) in [5.41, 5.74) is -0.728. The Labute approximate surface area is 140 Å². The molecule has 0 saturated carbocycles. The molecule has 0 aliphatic carbocycles. The van der Waals surface area contributed by atoms with Gasteiger partial charge in [0.2, 0.25) is 11.8 Å². The molecule has 1 aromatic rings. The Morgan fingerprint density at radius 1 is 1.21 bits per heavy atom. The Morgan fingerprint density at radius 2 is 1.88 bits per heavy atom. The van der Waals surface area contributed by atoms with Crippen LogP contribution in [0.1, 0.15) is 39.2 Å². The van der Waals surface area contributed by atoms with Gasteiger partial charge in [-0.25, -0.2) is 0 Å². The quantitative estimate of drug-likeness (QED) is 0.815. The van der Waals surface area contributed by atoms with Gasteiger partial charge in [0.15, 0.2) is 0 Å². The zero-order valence-corrected chi connectivity index (χ0v) is 14.1. The molecule has 0 saturated heterocycles. The first-order valence-corrected chi connectivity index (χ1v) is 7.82. The van der Waals surface area contributed by atoms with E-state index in [1.165, 1.54) is 19.1 Å². The highest BCUT2D eigenvalue weighted by Gasteiger charge is 2.30. The van der Waals surface area contributed by atoms with Crippen molar-refractivity contribution in [3.05, 3.63) is 29.8 Å². The topological polar surface area (TPSA) is 49.4 Å². The van der Waals surface area contributed by atoms with Crippen molar-refractivity contribution in [1.82, 2.24) is 4.90 Å². The number of amides is 2. The summed E-state index contributed by atoms with van der Waals surface area (Å²) >= 11 is 0. The number of carbonyl (C=O) groups excluding carboxylic acids is 2. The summed E-state index contributed by atoms with van der Waals surface area (Å²) < 4.78 is 37.9. The van der Waals surface area contributed by atoms with Crippen LogP contribution >= 0.6 is 0 Å². The molecule has 7 heteroatoms. The molecule has 4 nitrogen and oxygen atoms in total. The highest BCUT2D eigenvalue weighted by atomic mass is 19.4. The SMILES string of the molecule is CC(=O)N(CCC(=O)Nc1cccc(C(F)(F)F)c1)CCC(C)C. The fourth-order valence-electron chi connectivity index (χ4n) is 2.07. The van der Waals surface area contributed by atoms with Crippen molar-refractivity contribution >= 4 is 17.5 Å². The molecule has 0 fully saturated rings. The summed E-state index contributed by atoms with van der Waals surface area (Å²) in [4.78, 5) is 25.0. The van der Waals surface area contributed by atoms with Crippen LogP contribution in [0, 0.1) is 5.92 Å². The van der Waals surface area contributed by atoms with E-state index in [0.29, 0.717) is 12.5 Å². The first-order valence-electron chi connectivity index (χ1n) is 7.82. The zero-order valence-electron chi connectivity index (χ0n) is 14.1. The van der Waals surface area contributed by atoms with Gasteiger partial charge < -0.3 is 10.2 Å². The minimum Gasteiger partial charge on any atom is -0.342 e. The number of halogens is 3. The molecule has 0 bridgehead atoms. The van der Waals surface area contributed by atoms with E-state index in [2.05, 4.69) is 5.32 Å². The molecular weight excluding hydrogens is 321 g/mol. The van der Waals surface area contributed by atoms with Gasteiger partial charge in [0.1, 0.15) is 0 Å². The number of hydrogen-bond donors (Lipinski definition) is 1. The maximum absolute atomic E-state index is 12.6. The molecule has 0 heterocycles. The lowest BCUT2D eigenvalue weighted by Crippen LogP contribution is -2.33. The maximum atomic E-state index is 12.6. The number of anilines is 1. The molecule has 0 spiro atoms. The first-order chi connectivity index (χ1) is 11.1. The molecule has 134 valence electrons. The van der Waals surface area contributed by atoms with Gasteiger partial charge in [-0.2, -0.15) is 13.2 Å². The lowest BCUT2D eigenvalue weighted by Gasteiger charge is -2.21. The zero-order chi connectivity index (χ0) is 18.3. The molecule has 2 amide bonds. The third-order valence-corrected chi connectivity index (χ3v) is 3.50. The van der Waals surface area contributed by atoms with Gasteiger partial charge in [0.05, 0.1) is 5.56 Å². The van der Waals surface area contributed by atoms with Crippen LogP contribution in [0.5, 0.6) is 0 Å². The summed E-state index contributed by atoms with van der Waals surface area (Å²) in [7, 11) is 0. The van der Waals surface area contributed by atoms with Crippen molar-refractivity contribution in [1.29, 1.82) is 0 Å². The minimum absolute atomic E-state index is 0.0356. The second kappa shape index (κ2) is 8.70. The number of nitrogens with zero attached hydrogens (tertiary/aromatic N) is 1. The van der Waals surface area contributed by atoms with Gasteiger partial charge in [-0.15, -0.1) is 0 Å². The largest absolute Gasteiger partial charge is 0.416 e. The van der Waals surface area contributed by atoms with Crippen LogP contribution < -0.4 is 5.32 Å². The Bertz CT molecular complexity index is 571. The third kappa shape index (κ3) is 7.02. The fraction of sp³-hybridized carbons (Fsp3) is 0.529. The summed E-state index contributed by atoms with van der Waals surface area (Å²) in [6.07, 6.45) is -3.59. The van der Waals surface area contributed by atoms with Crippen LogP contribution in [0.4, 0.5) is 18.9 Å². The first kappa shape index (κ1) is 20.0. The smallest absolute Gasteiger partial charge is 0.342 e. The lowest BCUT2D eigenvalue weighted by atomic mass is 10.1. The average Bonchev–Trinajstić information content (AvgIpc) is 2.45.